The minimum atomic E-state index is -0.446. The molecule has 0 aliphatic heterocycles. The van der Waals surface area contributed by atoms with Crippen molar-refractivity contribution in [3.8, 4) is 0 Å². The van der Waals surface area contributed by atoms with E-state index in [1.807, 2.05) is 30.3 Å². The lowest BCUT2D eigenvalue weighted by molar-refractivity contribution is -0.117. The van der Waals surface area contributed by atoms with E-state index in [1.54, 1.807) is 19.1 Å². The normalized spacial score (nSPS) is 9.22. The van der Waals surface area contributed by atoms with E-state index in [1.165, 1.54) is 6.07 Å². The third-order valence-electron chi connectivity index (χ3n) is 2.22. The Bertz CT molecular complexity index is 470. The molecular weight excluding hydrogens is 229 g/mol. The topological polar surface area (TPSA) is 43.1 Å². The van der Waals surface area contributed by atoms with Gasteiger partial charge in [-0.3, -0.25) is 4.79 Å². The highest BCUT2D eigenvalue weighted by Gasteiger charge is 2.01. The second kappa shape index (κ2) is 7.22. The van der Waals surface area contributed by atoms with Gasteiger partial charge in [-0.25, -0.2) is 4.39 Å². The predicted molar refractivity (Wildman–Crippen MR) is 69.3 cm³/mol. The average molecular weight is 244 g/mol. The van der Waals surface area contributed by atoms with Crippen LogP contribution in [0.2, 0.25) is 0 Å². The zero-order chi connectivity index (χ0) is 13.4. The summed E-state index contributed by atoms with van der Waals surface area (Å²) in [5.41, 5.74) is 6.14. The van der Waals surface area contributed by atoms with Crippen LogP contribution in [0.25, 0.3) is 0 Å². The Kier molecular flexibility index (Phi) is 5.58. The monoisotopic (exact) mass is 244 g/mol. The van der Waals surface area contributed by atoms with Crippen molar-refractivity contribution in [1.82, 2.24) is 0 Å². The first kappa shape index (κ1) is 13.9. The van der Waals surface area contributed by atoms with Crippen molar-refractivity contribution in [3.05, 3.63) is 71.5 Å². The van der Waals surface area contributed by atoms with E-state index in [-0.39, 0.29) is 12.2 Å². The van der Waals surface area contributed by atoms with Gasteiger partial charge in [0.15, 0.2) is 0 Å². The summed E-state index contributed by atoms with van der Waals surface area (Å²) in [5, 5.41) is 0. The molecule has 1 amide bonds. The van der Waals surface area contributed by atoms with Crippen LogP contribution in [0.4, 0.5) is 4.39 Å². The van der Waals surface area contributed by atoms with E-state index >= 15 is 0 Å². The quantitative estimate of drug-likeness (QED) is 0.867. The van der Waals surface area contributed by atoms with Crippen LogP contribution in [0.3, 0.4) is 0 Å². The number of nitrogens with two attached hydrogens (primary N) is 1. The summed E-state index contributed by atoms with van der Waals surface area (Å²) < 4.78 is 12.9. The van der Waals surface area contributed by atoms with Crippen LogP contribution in [0.1, 0.15) is 11.1 Å². The maximum atomic E-state index is 12.9. The van der Waals surface area contributed by atoms with E-state index in [4.69, 9.17) is 5.73 Å². The van der Waals surface area contributed by atoms with Crippen LogP contribution < -0.4 is 5.73 Å². The number of hydrogen-bond donors (Lipinski definition) is 1. The third kappa shape index (κ3) is 5.25. The van der Waals surface area contributed by atoms with Crippen molar-refractivity contribution < 1.29 is 9.18 Å². The number of hydrogen-bond acceptors (Lipinski definition) is 1. The van der Waals surface area contributed by atoms with Gasteiger partial charge in [-0.1, -0.05) is 42.5 Å². The molecule has 2 aromatic rings. The maximum Gasteiger partial charge on any atom is 0.221 e. The molecular formula is C15H15FNO. The Morgan fingerprint density at radius 1 is 1.28 bits per heavy atom. The maximum absolute atomic E-state index is 12.9. The molecule has 0 aliphatic rings. The van der Waals surface area contributed by atoms with Crippen molar-refractivity contribution in [1.29, 1.82) is 0 Å². The van der Waals surface area contributed by atoms with Gasteiger partial charge < -0.3 is 5.73 Å². The summed E-state index contributed by atoms with van der Waals surface area (Å²) in [5.74, 6) is -0.744. The summed E-state index contributed by atoms with van der Waals surface area (Å²) in [4.78, 5) is 10.5. The molecule has 0 spiro atoms. The average Bonchev–Trinajstić information content (AvgIpc) is 2.36. The molecule has 0 unspecified atom stereocenters. The summed E-state index contributed by atoms with van der Waals surface area (Å²) in [6, 6.07) is 17.2. The van der Waals surface area contributed by atoms with Gasteiger partial charge in [-0.2, -0.15) is 0 Å². The number of halogens is 1. The van der Waals surface area contributed by atoms with Gasteiger partial charge in [0.05, 0.1) is 6.42 Å². The fourth-order valence-corrected chi connectivity index (χ4v) is 1.29. The van der Waals surface area contributed by atoms with Crippen LogP contribution in [0.15, 0.2) is 48.5 Å². The first-order valence-electron chi connectivity index (χ1n) is 5.54. The zero-order valence-electron chi connectivity index (χ0n) is 10.2. The second-order valence-electron chi connectivity index (χ2n) is 3.80. The lowest BCUT2D eigenvalue weighted by Crippen LogP contribution is -2.13. The van der Waals surface area contributed by atoms with Gasteiger partial charge in [0.2, 0.25) is 5.91 Å². The first-order chi connectivity index (χ1) is 8.59. The largest absolute Gasteiger partial charge is 0.369 e. The molecule has 0 saturated carbocycles. The number of benzene rings is 2. The second-order valence-corrected chi connectivity index (χ2v) is 3.80. The molecule has 0 heterocycles. The Labute approximate surface area is 106 Å². The third-order valence-corrected chi connectivity index (χ3v) is 2.22. The molecule has 2 N–H and O–H groups in total. The van der Waals surface area contributed by atoms with E-state index in [0.717, 1.165) is 0 Å². The van der Waals surface area contributed by atoms with E-state index in [2.05, 4.69) is 6.07 Å². The van der Waals surface area contributed by atoms with Crippen molar-refractivity contribution in [2.45, 2.75) is 13.3 Å². The van der Waals surface area contributed by atoms with E-state index < -0.39 is 5.91 Å². The number of aryl methyl sites for hydroxylation is 1. The van der Waals surface area contributed by atoms with E-state index in [9.17, 15) is 9.18 Å². The van der Waals surface area contributed by atoms with Crippen molar-refractivity contribution in [2.75, 3.05) is 0 Å². The molecule has 3 heteroatoms. The minimum absolute atomic E-state index is 0.0944. The molecule has 18 heavy (non-hydrogen) atoms. The van der Waals surface area contributed by atoms with Crippen LogP contribution >= 0.6 is 0 Å². The molecule has 93 valence electrons. The summed E-state index contributed by atoms with van der Waals surface area (Å²) in [6.45, 7) is 1.67. The molecule has 2 rings (SSSR count). The first-order valence-corrected chi connectivity index (χ1v) is 5.54. The van der Waals surface area contributed by atoms with E-state index in [0.29, 0.717) is 11.1 Å². The van der Waals surface area contributed by atoms with Crippen LogP contribution in [-0.2, 0) is 11.2 Å². The number of carbonyl (C=O) groups is 1. The van der Waals surface area contributed by atoms with Crippen LogP contribution in [0.5, 0.6) is 0 Å². The van der Waals surface area contributed by atoms with Crippen molar-refractivity contribution in [2.24, 2.45) is 5.73 Å². The Balaban J connectivity index is 0.000000225. The predicted octanol–water partition coefficient (Wildman–Crippen LogP) is 2.65. The molecule has 2 nitrogen and oxygen atoms in total. The fraction of sp³-hybridized carbons (Fsp3) is 0.133. The summed E-state index contributed by atoms with van der Waals surface area (Å²) in [7, 11) is 0. The van der Waals surface area contributed by atoms with Gasteiger partial charge in [-0.15, -0.1) is 0 Å². The molecule has 1 radical (unpaired) electrons. The Hall–Kier alpha value is -2.16. The van der Waals surface area contributed by atoms with Crippen LogP contribution in [0, 0.1) is 18.8 Å². The van der Waals surface area contributed by atoms with Crippen LogP contribution in [-0.4, -0.2) is 5.91 Å². The zero-order valence-corrected chi connectivity index (χ0v) is 10.2. The number of amides is 1. The molecule has 2 aromatic carbocycles. The Morgan fingerprint density at radius 3 is 2.33 bits per heavy atom. The molecule has 0 fully saturated rings. The lowest BCUT2D eigenvalue weighted by Gasteiger charge is -1.99. The summed E-state index contributed by atoms with van der Waals surface area (Å²) in [6.07, 6.45) is 0.0944. The molecule has 0 aromatic heterocycles. The standard InChI is InChI=1S/C9H10FNO.C6H5/c1-6-2-3-7(4-8(6)10)5-9(11)12;1-2-4-6-5-3-1/h2-4H,5H2,1H3,(H2,11,12);1-5H. The lowest BCUT2D eigenvalue weighted by atomic mass is 10.1. The van der Waals surface area contributed by atoms with Gasteiger partial charge in [0.25, 0.3) is 0 Å². The molecule has 0 aliphatic carbocycles. The number of carbonyl (C=O) groups excluding carboxylic acids is 1. The summed E-state index contributed by atoms with van der Waals surface area (Å²) >= 11 is 0. The van der Waals surface area contributed by atoms with Crippen molar-refractivity contribution >= 4 is 5.91 Å². The number of primary amides is 1. The smallest absolute Gasteiger partial charge is 0.221 e. The highest BCUT2D eigenvalue weighted by Crippen LogP contribution is 2.09. The van der Waals surface area contributed by atoms with Gasteiger partial charge in [-0.05, 0) is 30.2 Å². The minimum Gasteiger partial charge on any atom is -0.369 e. The SMILES string of the molecule is Cc1ccc(CC(N)=O)cc1F.[c]1ccccc1. The molecule has 0 atom stereocenters. The van der Waals surface area contributed by atoms with Gasteiger partial charge in [0.1, 0.15) is 5.82 Å². The molecule has 0 saturated heterocycles. The highest BCUT2D eigenvalue weighted by molar-refractivity contribution is 5.76. The molecule has 0 bridgehead atoms. The van der Waals surface area contributed by atoms with Crippen molar-refractivity contribution in [3.63, 3.8) is 0 Å². The van der Waals surface area contributed by atoms with Gasteiger partial charge in [0, 0.05) is 0 Å². The Morgan fingerprint density at radius 2 is 1.94 bits per heavy atom. The van der Waals surface area contributed by atoms with Gasteiger partial charge >= 0.3 is 0 Å². The highest BCUT2D eigenvalue weighted by atomic mass is 19.1. The number of rotatable bonds is 2. The fourth-order valence-electron chi connectivity index (χ4n) is 1.29.